The molecule has 4 heteroatoms. The van der Waals surface area contributed by atoms with Gasteiger partial charge in [-0.15, -0.1) is 0 Å². The van der Waals surface area contributed by atoms with E-state index in [1.807, 2.05) is 0 Å². The first-order chi connectivity index (χ1) is 6.58. The molecule has 0 aromatic rings. The van der Waals surface area contributed by atoms with Crippen molar-refractivity contribution in [3.8, 4) is 0 Å². The van der Waals surface area contributed by atoms with Crippen LogP contribution in [0.3, 0.4) is 0 Å². The number of aliphatic carboxylic acids is 1. The zero-order chi connectivity index (χ0) is 10.6. The molecule has 0 unspecified atom stereocenters. The van der Waals surface area contributed by atoms with Gasteiger partial charge in [0.05, 0.1) is 0 Å². The molecule has 14 heavy (non-hydrogen) atoms. The molecule has 0 saturated heterocycles. The summed E-state index contributed by atoms with van der Waals surface area (Å²) in [7, 11) is 0. The van der Waals surface area contributed by atoms with Crippen molar-refractivity contribution in [2.75, 3.05) is 6.54 Å². The van der Waals surface area contributed by atoms with Gasteiger partial charge in [-0.25, -0.2) is 4.79 Å². The topological polar surface area (TPSA) is 66.4 Å². The minimum atomic E-state index is -1.10. The summed E-state index contributed by atoms with van der Waals surface area (Å²) < 4.78 is 0. The molecule has 0 aromatic heterocycles. The summed E-state index contributed by atoms with van der Waals surface area (Å²) in [6.07, 6.45) is 5.28. The Bertz CT molecular complexity index is 267. The third-order valence-electron chi connectivity index (χ3n) is 2.72. The lowest BCUT2D eigenvalue weighted by Gasteiger charge is -2.11. The monoisotopic (exact) mass is 197 g/mol. The summed E-state index contributed by atoms with van der Waals surface area (Å²) in [5.41, 5.74) is 0.298. The third-order valence-corrected chi connectivity index (χ3v) is 2.72. The van der Waals surface area contributed by atoms with Gasteiger partial charge >= 0.3 is 5.97 Å². The molecule has 0 aromatic carbocycles. The number of carbonyl (C=O) groups is 2. The molecule has 2 N–H and O–H groups in total. The lowest BCUT2D eigenvalue weighted by molar-refractivity contribution is -0.131. The Morgan fingerprint density at radius 1 is 1.43 bits per heavy atom. The number of amides is 1. The first kappa shape index (κ1) is 10.8. The molecule has 1 amide bonds. The highest BCUT2D eigenvalue weighted by Crippen LogP contribution is 2.47. The standard InChI is InChI=1S/C10H15NO3/c1-2-10(5-6-10)7-11-8(12)3-4-9(13)14/h3-4H,2,5-7H2,1H3,(H,11,12)(H,13,14)/b4-3+. The van der Waals surface area contributed by atoms with E-state index in [1.54, 1.807) is 0 Å². The predicted molar refractivity (Wildman–Crippen MR) is 51.7 cm³/mol. The van der Waals surface area contributed by atoms with Crippen LogP contribution in [0, 0.1) is 5.41 Å². The Kier molecular flexibility index (Phi) is 3.28. The van der Waals surface area contributed by atoms with Crippen LogP contribution in [0.25, 0.3) is 0 Å². The van der Waals surface area contributed by atoms with Gasteiger partial charge in [-0.1, -0.05) is 6.92 Å². The lowest BCUT2D eigenvalue weighted by Crippen LogP contribution is -2.28. The van der Waals surface area contributed by atoms with Crippen LogP contribution in [0.4, 0.5) is 0 Å². The number of carboxylic acids is 1. The van der Waals surface area contributed by atoms with Crippen LogP contribution < -0.4 is 5.32 Å². The smallest absolute Gasteiger partial charge is 0.328 e. The number of hydrogen-bond acceptors (Lipinski definition) is 2. The van der Waals surface area contributed by atoms with E-state index in [4.69, 9.17) is 5.11 Å². The van der Waals surface area contributed by atoms with Crippen LogP contribution >= 0.6 is 0 Å². The minimum Gasteiger partial charge on any atom is -0.478 e. The van der Waals surface area contributed by atoms with Gasteiger partial charge in [0.25, 0.3) is 0 Å². The van der Waals surface area contributed by atoms with E-state index >= 15 is 0 Å². The van der Waals surface area contributed by atoms with Gasteiger partial charge in [-0.3, -0.25) is 4.79 Å². The van der Waals surface area contributed by atoms with Crippen LogP contribution in [0.2, 0.25) is 0 Å². The van der Waals surface area contributed by atoms with Crippen molar-refractivity contribution >= 4 is 11.9 Å². The second kappa shape index (κ2) is 4.26. The van der Waals surface area contributed by atoms with Crippen molar-refractivity contribution in [2.24, 2.45) is 5.41 Å². The van der Waals surface area contributed by atoms with Gasteiger partial charge < -0.3 is 10.4 Å². The van der Waals surface area contributed by atoms with Gasteiger partial charge in [-0.2, -0.15) is 0 Å². The molecule has 0 aliphatic heterocycles. The van der Waals surface area contributed by atoms with Crippen molar-refractivity contribution in [3.05, 3.63) is 12.2 Å². The fraction of sp³-hybridized carbons (Fsp3) is 0.600. The second-order valence-corrected chi connectivity index (χ2v) is 3.74. The van der Waals surface area contributed by atoms with E-state index in [-0.39, 0.29) is 5.91 Å². The Balaban J connectivity index is 2.25. The van der Waals surface area contributed by atoms with Crippen molar-refractivity contribution in [3.63, 3.8) is 0 Å². The van der Waals surface area contributed by atoms with Crippen LogP contribution in [0.15, 0.2) is 12.2 Å². The fourth-order valence-electron chi connectivity index (χ4n) is 1.31. The van der Waals surface area contributed by atoms with E-state index in [0.717, 1.165) is 31.4 Å². The number of rotatable bonds is 5. The average Bonchev–Trinajstić information content (AvgIpc) is 2.92. The third kappa shape index (κ3) is 3.20. The molecule has 1 aliphatic carbocycles. The first-order valence-electron chi connectivity index (χ1n) is 4.77. The van der Waals surface area contributed by atoms with Crippen molar-refractivity contribution in [2.45, 2.75) is 26.2 Å². The Morgan fingerprint density at radius 3 is 2.50 bits per heavy atom. The summed E-state index contributed by atoms with van der Waals surface area (Å²) in [5.74, 6) is -1.43. The Morgan fingerprint density at radius 2 is 2.07 bits per heavy atom. The summed E-state index contributed by atoms with van der Waals surface area (Å²) >= 11 is 0. The highest BCUT2D eigenvalue weighted by molar-refractivity contribution is 5.93. The van der Waals surface area contributed by atoms with Gasteiger partial charge in [0.15, 0.2) is 0 Å². The van der Waals surface area contributed by atoms with Crippen molar-refractivity contribution < 1.29 is 14.7 Å². The fourth-order valence-corrected chi connectivity index (χ4v) is 1.31. The van der Waals surface area contributed by atoms with Gasteiger partial charge in [-0.05, 0) is 24.7 Å². The van der Waals surface area contributed by atoms with Crippen LogP contribution in [-0.4, -0.2) is 23.5 Å². The second-order valence-electron chi connectivity index (χ2n) is 3.74. The highest BCUT2D eigenvalue weighted by Gasteiger charge is 2.40. The molecule has 0 heterocycles. The number of carbonyl (C=O) groups excluding carboxylic acids is 1. The molecule has 0 bridgehead atoms. The van der Waals surface area contributed by atoms with E-state index in [9.17, 15) is 9.59 Å². The van der Waals surface area contributed by atoms with Gasteiger partial charge in [0.2, 0.25) is 5.91 Å². The number of hydrogen-bond donors (Lipinski definition) is 2. The molecule has 0 radical (unpaired) electrons. The zero-order valence-electron chi connectivity index (χ0n) is 8.25. The predicted octanol–water partition coefficient (Wildman–Crippen LogP) is 0.934. The first-order valence-corrected chi connectivity index (χ1v) is 4.77. The molecular weight excluding hydrogens is 182 g/mol. The van der Waals surface area contributed by atoms with Gasteiger partial charge in [0.1, 0.15) is 0 Å². The number of nitrogens with one attached hydrogen (secondary N) is 1. The average molecular weight is 197 g/mol. The molecule has 1 fully saturated rings. The lowest BCUT2D eigenvalue weighted by atomic mass is 10.0. The molecule has 0 atom stereocenters. The van der Waals surface area contributed by atoms with E-state index in [1.165, 1.54) is 0 Å². The van der Waals surface area contributed by atoms with Crippen molar-refractivity contribution in [1.82, 2.24) is 5.32 Å². The molecule has 78 valence electrons. The number of carboxylic acid groups (broad SMARTS) is 1. The van der Waals surface area contributed by atoms with Crippen LogP contribution in [-0.2, 0) is 9.59 Å². The molecule has 1 saturated carbocycles. The zero-order valence-corrected chi connectivity index (χ0v) is 8.25. The maximum Gasteiger partial charge on any atom is 0.328 e. The SMILES string of the molecule is CCC1(CNC(=O)/C=C/C(=O)O)CC1. The summed E-state index contributed by atoms with van der Waals surface area (Å²) in [6, 6.07) is 0. The maximum atomic E-state index is 11.1. The molecular formula is C10H15NO3. The maximum absolute atomic E-state index is 11.1. The molecule has 0 spiro atoms. The van der Waals surface area contributed by atoms with Crippen LogP contribution in [0.1, 0.15) is 26.2 Å². The summed E-state index contributed by atoms with van der Waals surface area (Å²) in [4.78, 5) is 21.2. The van der Waals surface area contributed by atoms with Crippen LogP contribution in [0.5, 0.6) is 0 Å². The van der Waals surface area contributed by atoms with E-state index in [2.05, 4.69) is 12.2 Å². The normalized spacial score (nSPS) is 18.1. The molecule has 1 aliphatic rings. The quantitative estimate of drug-likeness (QED) is 0.644. The molecule has 1 rings (SSSR count). The highest BCUT2D eigenvalue weighted by atomic mass is 16.4. The van der Waals surface area contributed by atoms with E-state index in [0.29, 0.717) is 12.0 Å². The minimum absolute atomic E-state index is 0.298. The largest absolute Gasteiger partial charge is 0.478 e. The van der Waals surface area contributed by atoms with E-state index < -0.39 is 5.97 Å². The Hall–Kier alpha value is -1.32. The van der Waals surface area contributed by atoms with Gasteiger partial charge in [0, 0.05) is 18.7 Å². The Labute approximate surface area is 83.0 Å². The summed E-state index contributed by atoms with van der Waals surface area (Å²) in [5, 5.41) is 11.0. The summed E-state index contributed by atoms with van der Waals surface area (Å²) in [6.45, 7) is 2.76. The van der Waals surface area contributed by atoms with Crippen molar-refractivity contribution in [1.29, 1.82) is 0 Å². The molecule has 4 nitrogen and oxygen atoms in total.